The van der Waals surface area contributed by atoms with Gasteiger partial charge in [0.05, 0.1) is 11.2 Å². The molecule has 1 saturated heterocycles. The molecule has 1 aliphatic heterocycles. The molecule has 4 rings (SSSR count). The molecule has 1 atom stereocenters. The largest absolute Gasteiger partial charge is 0.382 e. The van der Waals surface area contributed by atoms with Crippen molar-refractivity contribution < 1.29 is 13.2 Å². The van der Waals surface area contributed by atoms with E-state index in [0.29, 0.717) is 29.4 Å². The lowest BCUT2D eigenvalue weighted by Gasteiger charge is -2.30. The number of nitrogens with one attached hydrogen (secondary N) is 1. The van der Waals surface area contributed by atoms with Crippen molar-refractivity contribution in [2.45, 2.75) is 38.1 Å². The quantitative estimate of drug-likeness (QED) is 0.594. The van der Waals surface area contributed by atoms with Gasteiger partial charge in [-0.25, -0.2) is 13.2 Å². The monoisotopic (exact) mass is 416 g/mol. The number of benzene rings is 2. The van der Waals surface area contributed by atoms with Gasteiger partial charge in [-0.05, 0) is 62.3 Å². The number of anilines is 1. The van der Waals surface area contributed by atoms with Gasteiger partial charge >= 0.3 is 0 Å². The lowest BCUT2D eigenvalue weighted by atomic mass is 10.0. The minimum absolute atomic E-state index is 0.304. The van der Waals surface area contributed by atoms with Crippen LogP contribution in [0, 0.1) is 0 Å². The molecule has 1 fully saturated rings. The van der Waals surface area contributed by atoms with E-state index in [2.05, 4.69) is 17.3 Å². The Morgan fingerprint density at radius 1 is 1.07 bits per heavy atom. The number of aromatic nitrogens is 1. The van der Waals surface area contributed by atoms with Crippen molar-refractivity contribution in [1.82, 2.24) is 9.47 Å². The van der Waals surface area contributed by atoms with Crippen molar-refractivity contribution in [1.29, 1.82) is 0 Å². The zero-order chi connectivity index (χ0) is 21.3. The Hall–Kier alpha value is -2.51. The van der Waals surface area contributed by atoms with Crippen LogP contribution in [0.25, 0.3) is 22.2 Å². The maximum Gasteiger partial charge on any atom is 0.288 e. The van der Waals surface area contributed by atoms with E-state index in [1.165, 1.54) is 0 Å². The van der Waals surface area contributed by atoms with Gasteiger partial charge in [-0.3, -0.25) is 0 Å². The molecule has 0 radical (unpaired) electrons. The van der Waals surface area contributed by atoms with E-state index in [0.717, 1.165) is 47.1 Å². The van der Waals surface area contributed by atoms with Crippen LogP contribution in [0.15, 0.2) is 48.5 Å². The average molecular weight is 416 g/mol. The maximum absolute atomic E-state index is 14.7. The number of halogens is 3. The molecule has 160 valence electrons. The van der Waals surface area contributed by atoms with Crippen molar-refractivity contribution in [3.63, 3.8) is 0 Å². The molecule has 0 spiro atoms. The summed E-state index contributed by atoms with van der Waals surface area (Å²) in [6.45, 7) is 2.40. The summed E-state index contributed by atoms with van der Waals surface area (Å²) in [7, 11) is 2.10. The third kappa shape index (κ3) is 4.04. The Kier molecular flexibility index (Phi) is 6.01. The predicted octanol–water partition coefficient (Wildman–Crippen LogP) is 5.01. The van der Waals surface area contributed by atoms with E-state index in [-0.39, 0.29) is 0 Å². The van der Waals surface area contributed by atoms with E-state index in [1.807, 2.05) is 18.2 Å². The van der Waals surface area contributed by atoms with Crippen LogP contribution in [0.3, 0.4) is 0 Å². The van der Waals surface area contributed by atoms with Gasteiger partial charge in [0.15, 0.2) is 0 Å². The van der Waals surface area contributed by atoms with Gasteiger partial charge < -0.3 is 20.5 Å². The Labute approximate surface area is 174 Å². The number of fused-ring (bicyclic) bond motifs is 1. The zero-order valence-corrected chi connectivity index (χ0v) is 17.0. The molecule has 30 heavy (non-hydrogen) atoms. The molecule has 0 aliphatic carbocycles. The molecule has 3 N–H and O–H groups in total. The molecule has 4 nitrogen and oxygen atoms in total. The summed E-state index contributed by atoms with van der Waals surface area (Å²) in [4.78, 5) is 2.29. The minimum Gasteiger partial charge on any atom is -0.382 e. The first kappa shape index (κ1) is 20.8. The zero-order valence-electron chi connectivity index (χ0n) is 17.0. The molecule has 1 aromatic heterocycles. The minimum atomic E-state index is -3.12. The molecule has 2 heterocycles. The predicted molar refractivity (Wildman–Crippen MR) is 116 cm³/mol. The van der Waals surface area contributed by atoms with Crippen LogP contribution in [0.4, 0.5) is 18.9 Å². The van der Waals surface area contributed by atoms with Crippen molar-refractivity contribution in [2.24, 2.45) is 5.73 Å². The Morgan fingerprint density at radius 3 is 2.40 bits per heavy atom. The number of piperidine rings is 1. The van der Waals surface area contributed by atoms with Gasteiger partial charge in [0.2, 0.25) is 6.30 Å². The third-order valence-electron chi connectivity index (χ3n) is 5.90. The first-order valence-corrected chi connectivity index (χ1v) is 10.3. The van der Waals surface area contributed by atoms with Gasteiger partial charge in [-0.2, -0.15) is 0 Å². The SMILES string of the molecule is CN1CCC(Nc2cccc3c2cc(-c2ccc(CN)cc2)n3C(F)C(F)F)CC1. The molecule has 0 saturated carbocycles. The van der Waals surface area contributed by atoms with E-state index >= 15 is 0 Å². The fraction of sp³-hybridized carbons (Fsp3) is 0.391. The summed E-state index contributed by atoms with van der Waals surface area (Å²) < 4.78 is 42.6. The highest BCUT2D eigenvalue weighted by Gasteiger charge is 2.27. The normalized spacial score (nSPS) is 17.0. The topological polar surface area (TPSA) is 46.2 Å². The molecular weight excluding hydrogens is 389 g/mol. The second-order valence-electron chi connectivity index (χ2n) is 7.97. The van der Waals surface area contributed by atoms with Crippen LogP contribution in [-0.4, -0.2) is 42.1 Å². The molecule has 1 unspecified atom stereocenters. The second kappa shape index (κ2) is 8.70. The molecule has 7 heteroatoms. The highest BCUT2D eigenvalue weighted by molar-refractivity contribution is 5.96. The van der Waals surface area contributed by atoms with Gasteiger partial charge in [0.1, 0.15) is 0 Å². The molecule has 0 bridgehead atoms. The van der Waals surface area contributed by atoms with Crippen LogP contribution >= 0.6 is 0 Å². The van der Waals surface area contributed by atoms with Crippen molar-refractivity contribution >= 4 is 16.6 Å². The second-order valence-corrected chi connectivity index (χ2v) is 7.97. The molecule has 2 aromatic carbocycles. The molecular formula is C23H27F3N4. The maximum atomic E-state index is 14.7. The van der Waals surface area contributed by atoms with Crippen LogP contribution in [-0.2, 0) is 6.54 Å². The summed E-state index contributed by atoms with van der Waals surface area (Å²) in [5, 5.41) is 4.30. The van der Waals surface area contributed by atoms with Crippen LogP contribution in [0.5, 0.6) is 0 Å². The number of nitrogens with two attached hydrogens (primary N) is 1. The summed E-state index contributed by atoms with van der Waals surface area (Å²) in [6, 6.07) is 14.8. The first-order valence-electron chi connectivity index (χ1n) is 10.3. The average Bonchev–Trinajstić information content (AvgIpc) is 3.15. The fourth-order valence-corrected chi connectivity index (χ4v) is 4.16. The van der Waals surface area contributed by atoms with Crippen LogP contribution in [0.1, 0.15) is 24.7 Å². The fourth-order valence-electron chi connectivity index (χ4n) is 4.16. The van der Waals surface area contributed by atoms with E-state index in [9.17, 15) is 13.2 Å². The molecule has 1 aliphatic rings. The standard InChI is InChI=1S/C23H27F3N4/c1-29-11-9-17(10-12-29)28-19-3-2-4-20-18(19)13-21(30(20)23(26)22(24)25)16-7-5-15(14-27)6-8-16/h2-8,13,17,22-23,28H,9-12,14,27H2,1H3. The van der Waals surface area contributed by atoms with E-state index < -0.39 is 12.7 Å². The summed E-state index contributed by atoms with van der Waals surface area (Å²) in [5.41, 5.74) is 9.00. The van der Waals surface area contributed by atoms with Gasteiger partial charge in [-0.1, -0.05) is 30.3 Å². The summed E-state index contributed by atoms with van der Waals surface area (Å²) in [5.74, 6) is 0. The number of likely N-dealkylation sites (tertiary alicyclic amines) is 1. The smallest absolute Gasteiger partial charge is 0.288 e. The highest BCUT2D eigenvalue weighted by Crippen LogP contribution is 2.37. The van der Waals surface area contributed by atoms with Crippen LogP contribution in [0.2, 0.25) is 0 Å². The Bertz CT molecular complexity index is 992. The van der Waals surface area contributed by atoms with E-state index in [1.54, 1.807) is 30.3 Å². The van der Waals surface area contributed by atoms with Crippen molar-refractivity contribution in [3.05, 3.63) is 54.1 Å². The van der Waals surface area contributed by atoms with Gasteiger partial charge in [-0.15, -0.1) is 0 Å². The third-order valence-corrected chi connectivity index (χ3v) is 5.90. The number of alkyl halides is 3. The number of nitrogens with zero attached hydrogens (tertiary/aromatic N) is 2. The highest BCUT2D eigenvalue weighted by atomic mass is 19.3. The van der Waals surface area contributed by atoms with Crippen molar-refractivity contribution in [3.8, 4) is 11.3 Å². The Balaban J connectivity index is 1.78. The molecule has 0 amide bonds. The lowest BCUT2D eigenvalue weighted by molar-refractivity contribution is 0.0115. The number of hydrogen-bond donors (Lipinski definition) is 2. The Morgan fingerprint density at radius 2 is 1.77 bits per heavy atom. The summed E-state index contributed by atoms with van der Waals surface area (Å²) in [6.07, 6.45) is -3.54. The van der Waals surface area contributed by atoms with E-state index in [4.69, 9.17) is 5.73 Å². The lowest BCUT2D eigenvalue weighted by Crippen LogP contribution is -2.36. The molecule has 3 aromatic rings. The number of hydrogen-bond acceptors (Lipinski definition) is 3. The van der Waals surface area contributed by atoms with Gasteiger partial charge in [0.25, 0.3) is 6.43 Å². The first-order chi connectivity index (χ1) is 14.5. The number of rotatable bonds is 6. The van der Waals surface area contributed by atoms with Crippen LogP contribution < -0.4 is 11.1 Å². The summed E-state index contributed by atoms with van der Waals surface area (Å²) >= 11 is 0. The van der Waals surface area contributed by atoms with Crippen molar-refractivity contribution in [2.75, 3.05) is 25.5 Å². The van der Waals surface area contributed by atoms with Gasteiger partial charge in [0, 0.05) is 23.7 Å².